The highest BCUT2D eigenvalue weighted by Gasteiger charge is 2.33. The standard InChI is InChI=1S/C10H17N.ClH/c1-4-10(11)7-5-9(2,3)6-8-10;/h1H,5-8,11H2,2-3H3;1H. The molecule has 1 nitrogen and oxygen atoms in total. The van der Waals surface area contributed by atoms with Gasteiger partial charge < -0.3 is 5.73 Å². The molecule has 2 N–H and O–H groups in total. The zero-order valence-corrected chi connectivity index (χ0v) is 8.71. The molecule has 1 saturated carbocycles. The molecule has 0 aromatic rings. The number of halogens is 1. The van der Waals surface area contributed by atoms with E-state index >= 15 is 0 Å². The first-order valence-corrected chi connectivity index (χ1v) is 4.24. The zero-order valence-electron chi connectivity index (χ0n) is 7.89. The number of rotatable bonds is 0. The van der Waals surface area contributed by atoms with E-state index in [1.54, 1.807) is 0 Å². The zero-order chi connectivity index (χ0) is 8.54. The van der Waals surface area contributed by atoms with Gasteiger partial charge in [-0.2, -0.15) is 0 Å². The first-order valence-electron chi connectivity index (χ1n) is 4.24. The summed E-state index contributed by atoms with van der Waals surface area (Å²) in [7, 11) is 0. The Bertz CT molecular complexity index is 181. The summed E-state index contributed by atoms with van der Waals surface area (Å²) in [4.78, 5) is 0. The summed E-state index contributed by atoms with van der Waals surface area (Å²) in [6.07, 6.45) is 9.64. The maximum Gasteiger partial charge on any atom is 0.0773 e. The molecule has 0 atom stereocenters. The molecule has 0 heterocycles. The van der Waals surface area contributed by atoms with Gasteiger partial charge in [-0.15, -0.1) is 18.8 Å². The fourth-order valence-corrected chi connectivity index (χ4v) is 1.52. The van der Waals surface area contributed by atoms with Crippen molar-refractivity contribution in [3.05, 3.63) is 0 Å². The Hall–Kier alpha value is -0.190. The van der Waals surface area contributed by atoms with Crippen molar-refractivity contribution < 1.29 is 0 Å². The fraction of sp³-hybridized carbons (Fsp3) is 0.800. The predicted molar refractivity (Wildman–Crippen MR) is 55.2 cm³/mol. The molecule has 12 heavy (non-hydrogen) atoms. The molecule has 0 amide bonds. The van der Waals surface area contributed by atoms with Gasteiger partial charge >= 0.3 is 0 Å². The van der Waals surface area contributed by atoms with Crippen LogP contribution < -0.4 is 5.73 Å². The lowest BCUT2D eigenvalue weighted by atomic mass is 9.70. The van der Waals surface area contributed by atoms with Crippen molar-refractivity contribution in [2.24, 2.45) is 11.1 Å². The molecule has 0 saturated heterocycles. The molecule has 0 spiro atoms. The second kappa shape index (κ2) is 3.68. The fourth-order valence-electron chi connectivity index (χ4n) is 1.52. The van der Waals surface area contributed by atoms with Gasteiger partial charge in [0.15, 0.2) is 0 Å². The normalized spacial score (nSPS) is 25.2. The highest BCUT2D eigenvalue weighted by atomic mass is 35.5. The van der Waals surface area contributed by atoms with Gasteiger partial charge in [0, 0.05) is 0 Å². The topological polar surface area (TPSA) is 26.0 Å². The summed E-state index contributed by atoms with van der Waals surface area (Å²) in [5, 5.41) is 0. The van der Waals surface area contributed by atoms with Gasteiger partial charge in [-0.25, -0.2) is 0 Å². The smallest absolute Gasteiger partial charge is 0.0773 e. The lowest BCUT2D eigenvalue weighted by Crippen LogP contribution is -2.43. The molecule has 2 heteroatoms. The average Bonchev–Trinajstić information content (AvgIpc) is 1.97. The summed E-state index contributed by atoms with van der Waals surface area (Å²) >= 11 is 0. The molecule has 1 rings (SSSR count). The van der Waals surface area contributed by atoms with E-state index in [0.717, 1.165) is 25.7 Å². The van der Waals surface area contributed by atoms with E-state index in [1.807, 2.05) is 0 Å². The molecule has 1 aliphatic rings. The Labute approximate surface area is 81.5 Å². The Balaban J connectivity index is 0.00000121. The van der Waals surface area contributed by atoms with Gasteiger partial charge in [0.05, 0.1) is 5.54 Å². The van der Waals surface area contributed by atoms with Gasteiger partial charge in [0.2, 0.25) is 0 Å². The van der Waals surface area contributed by atoms with Gasteiger partial charge in [0.1, 0.15) is 0 Å². The van der Waals surface area contributed by atoms with Crippen molar-refractivity contribution in [3.8, 4) is 12.3 Å². The van der Waals surface area contributed by atoms with Crippen molar-refractivity contribution in [1.29, 1.82) is 0 Å². The van der Waals surface area contributed by atoms with E-state index in [2.05, 4.69) is 19.8 Å². The number of terminal acetylenes is 1. The van der Waals surface area contributed by atoms with Crippen LogP contribution in [0, 0.1) is 17.8 Å². The summed E-state index contributed by atoms with van der Waals surface area (Å²) in [6, 6.07) is 0. The number of hydrogen-bond acceptors (Lipinski definition) is 1. The molecular formula is C10H18ClN. The van der Waals surface area contributed by atoms with E-state index in [-0.39, 0.29) is 17.9 Å². The molecule has 0 aromatic carbocycles. The van der Waals surface area contributed by atoms with Gasteiger partial charge in [0.25, 0.3) is 0 Å². The Morgan fingerprint density at radius 2 is 1.58 bits per heavy atom. The Kier molecular flexibility index (Phi) is 3.62. The van der Waals surface area contributed by atoms with Crippen LogP contribution in [0.15, 0.2) is 0 Å². The molecule has 0 aliphatic heterocycles. The van der Waals surface area contributed by atoms with Crippen LogP contribution in [0.5, 0.6) is 0 Å². The molecular weight excluding hydrogens is 170 g/mol. The third-order valence-corrected chi connectivity index (χ3v) is 2.78. The highest BCUT2D eigenvalue weighted by Crippen LogP contribution is 2.38. The summed E-state index contributed by atoms with van der Waals surface area (Å²) < 4.78 is 0. The van der Waals surface area contributed by atoms with Crippen LogP contribution in [0.3, 0.4) is 0 Å². The van der Waals surface area contributed by atoms with E-state index in [4.69, 9.17) is 12.2 Å². The molecule has 70 valence electrons. The van der Waals surface area contributed by atoms with Crippen molar-refractivity contribution in [2.45, 2.75) is 45.1 Å². The van der Waals surface area contributed by atoms with E-state index in [1.165, 1.54) is 0 Å². The van der Waals surface area contributed by atoms with Crippen LogP contribution in [0.2, 0.25) is 0 Å². The van der Waals surface area contributed by atoms with Crippen LogP contribution in [-0.4, -0.2) is 5.54 Å². The van der Waals surface area contributed by atoms with E-state index in [0.29, 0.717) is 5.41 Å². The van der Waals surface area contributed by atoms with Crippen molar-refractivity contribution in [1.82, 2.24) is 0 Å². The van der Waals surface area contributed by atoms with Gasteiger partial charge in [-0.05, 0) is 31.1 Å². The highest BCUT2D eigenvalue weighted by molar-refractivity contribution is 5.85. The summed E-state index contributed by atoms with van der Waals surface area (Å²) in [6.45, 7) is 4.56. The van der Waals surface area contributed by atoms with E-state index < -0.39 is 0 Å². The van der Waals surface area contributed by atoms with Crippen molar-refractivity contribution in [3.63, 3.8) is 0 Å². The lowest BCUT2D eigenvalue weighted by molar-refractivity contribution is 0.197. The monoisotopic (exact) mass is 187 g/mol. The van der Waals surface area contributed by atoms with E-state index in [9.17, 15) is 0 Å². The van der Waals surface area contributed by atoms with Crippen molar-refractivity contribution in [2.75, 3.05) is 0 Å². The van der Waals surface area contributed by atoms with Crippen LogP contribution in [0.25, 0.3) is 0 Å². The number of nitrogens with two attached hydrogens (primary N) is 1. The maximum absolute atomic E-state index is 5.94. The first-order chi connectivity index (χ1) is 4.97. The maximum atomic E-state index is 5.94. The third kappa shape index (κ3) is 2.69. The average molecular weight is 188 g/mol. The van der Waals surface area contributed by atoms with Gasteiger partial charge in [-0.1, -0.05) is 19.8 Å². The molecule has 0 unspecified atom stereocenters. The molecule has 1 aliphatic carbocycles. The summed E-state index contributed by atoms with van der Waals surface area (Å²) in [5.41, 5.74) is 6.11. The Morgan fingerprint density at radius 3 is 1.92 bits per heavy atom. The SMILES string of the molecule is C#CC1(N)CCC(C)(C)CC1.Cl. The van der Waals surface area contributed by atoms with Crippen LogP contribution in [-0.2, 0) is 0 Å². The van der Waals surface area contributed by atoms with Crippen LogP contribution in [0.4, 0.5) is 0 Å². The minimum atomic E-state index is -0.296. The lowest BCUT2D eigenvalue weighted by Gasteiger charge is -2.38. The quantitative estimate of drug-likeness (QED) is 0.579. The van der Waals surface area contributed by atoms with Crippen LogP contribution >= 0.6 is 12.4 Å². The largest absolute Gasteiger partial charge is 0.315 e. The third-order valence-electron chi connectivity index (χ3n) is 2.78. The minimum Gasteiger partial charge on any atom is -0.315 e. The molecule has 0 radical (unpaired) electrons. The second-order valence-electron chi connectivity index (χ2n) is 4.46. The predicted octanol–water partition coefficient (Wildman–Crippen LogP) is 2.34. The molecule has 0 bridgehead atoms. The summed E-state index contributed by atoms with van der Waals surface area (Å²) in [5.74, 6) is 2.70. The van der Waals surface area contributed by atoms with Crippen LogP contribution in [0.1, 0.15) is 39.5 Å². The minimum absolute atomic E-state index is 0. The molecule has 0 aromatic heterocycles. The van der Waals surface area contributed by atoms with Gasteiger partial charge in [-0.3, -0.25) is 0 Å². The van der Waals surface area contributed by atoms with Crippen molar-refractivity contribution >= 4 is 12.4 Å². The Morgan fingerprint density at radius 1 is 1.17 bits per heavy atom. The first kappa shape index (κ1) is 11.8. The molecule has 1 fully saturated rings. The second-order valence-corrected chi connectivity index (χ2v) is 4.46. The number of hydrogen-bond donors (Lipinski definition) is 1.